The summed E-state index contributed by atoms with van der Waals surface area (Å²) < 4.78 is 6.94. The van der Waals surface area contributed by atoms with Crippen LogP contribution in [0.3, 0.4) is 0 Å². The van der Waals surface area contributed by atoms with E-state index < -0.39 is 0 Å². The van der Waals surface area contributed by atoms with Gasteiger partial charge in [0.1, 0.15) is 11.6 Å². The Morgan fingerprint density at radius 1 is 1.09 bits per heavy atom. The summed E-state index contributed by atoms with van der Waals surface area (Å²) in [4.78, 5) is 30.2. The van der Waals surface area contributed by atoms with Crippen LogP contribution in [-0.2, 0) is 11.2 Å². The topological polar surface area (TPSA) is 73.2 Å². The molecule has 6 nitrogen and oxygen atoms in total. The molecule has 0 saturated heterocycles. The van der Waals surface area contributed by atoms with Crippen molar-refractivity contribution in [1.29, 1.82) is 0 Å². The number of benzene rings is 3. The van der Waals surface area contributed by atoms with E-state index in [2.05, 4.69) is 10.3 Å². The number of nitrogens with one attached hydrogen (secondary N) is 1. The van der Waals surface area contributed by atoms with Gasteiger partial charge in [-0.1, -0.05) is 35.9 Å². The molecule has 162 valence electrons. The maximum Gasteiger partial charge on any atom is 0.265 e. The van der Waals surface area contributed by atoms with E-state index in [9.17, 15) is 9.59 Å². The number of fused-ring (bicyclic) bond motifs is 1. The summed E-state index contributed by atoms with van der Waals surface area (Å²) in [5, 5.41) is 3.75. The van der Waals surface area contributed by atoms with Crippen LogP contribution in [0.15, 0.2) is 71.5 Å². The number of amides is 1. The van der Waals surface area contributed by atoms with Crippen LogP contribution in [0, 0.1) is 6.92 Å². The lowest BCUT2D eigenvalue weighted by Crippen LogP contribution is -2.22. The van der Waals surface area contributed by atoms with Crippen molar-refractivity contribution >= 4 is 34.1 Å². The predicted octanol–water partition coefficient (Wildman–Crippen LogP) is 4.93. The normalized spacial score (nSPS) is 10.8. The van der Waals surface area contributed by atoms with E-state index in [0.717, 1.165) is 11.3 Å². The Labute approximate surface area is 190 Å². The first kappa shape index (κ1) is 21.6. The Kier molecular flexibility index (Phi) is 6.23. The summed E-state index contributed by atoms with van der Waals surface area (Å²) in [5.41, 5.74) is 2.32. The summed E-state index contributed by atoms with van der Waals surface area (Å²) in [6.45, 7) is 4.28. The number of hydrogen-bond acceptors (Lipinski definition) is 4. The lowest BCUT2D eigenvalue weighted by molar-refractivity contribution is -0.115. The lowest BCUT2D eigenvalue weighted by Gasteiger charge is -2.14. The van der Waals surface area contributed by atoms with Crippen molar-refractivity contribution < 1.29 is 9.53 Å². The zero-order chi connectivity index (χ0) is 22.7. The zero-order valence-electron chi connectivity index (χ0n) is 17.8. The van der Waals surface area contributed by atoms with Gasteiger partial charge in [-0.3, -0.25) is 14.2 Å². The number of rotatable bonds is 6. The third-order valence-corrected chi connectivity index (χ3v) is 5.35. The molecular weight excluding hydrogens is 426 g/mol. The molecule has 0 saturated carbocycles. The molecule has 1 heterocycles. The van der Waals surface area contributed by atoms with Gasteiger partial charge in [-0.2, -0.15) is 0 Å². The molecule has 0 aliphatic carbocycles. The van der Waals surface area contributed by atoms with Gasteiger partial charge in [0, 0.05) is 0 Å². The molecule has 1 amide bonds. The second-order valence-corrected chi connectivity index (χ2v) is 7.69. The Hall–Kier alpha value is -3.64. The molecule has 1 N–H and O–H groups in total. The van der Waals surface area contributed by atoms with E-state index in [1.54, 1.807) is 37.3 Å². The average molecular weight is 448 g/mol. The van der Waals surface area contributed by atoms with Crippen molar-refractivity contribution in [1.82, 2.24) is 9.55 Å². The summed E-state index contributed by atoms with van der Waals surface area (Å²) in [6, 6.07) is 19.7. The first-order valence-corrected chi connectivity index (χ1v) is 10.6. The SMILES string of the molecule is CCOc1ccc(CC(=O)Nc2cc(-n3c(C)nc4ccccc4c3=O)ccc2Cl)cc1. The summed E-state index contributed by atoms with van der Waals surface area (Å²) in [5.74, 6) is 1.09. The maximum atomic E-state index is 13.1. The highest BCUT2D eigenvalue weighted by Gasteiger charge is 2.13. The molecular formula is C25H22ClN3O3. The van der Waals surface area contributed by atoms with Crippen LogP contribution in [0.4, 0.5) is 5.69 Å². The summed E-state index contributed by atoms with van der Waals surface area (Å²) in [7, 11) is 0. The van der Waals surface area contributed by atoms with Crippen LogP contribution >= 0.6 is 11.6 Å². The third kappa shape index (κ3) is 4.50. The minimum absolute atomic E-state index is 0.179. The fourth-order valence-corrected chi connectivity index (χ4v) is 3.71. The van der Waals surface area contributed by atoms with Crippen LogP contribution in [0.25, 0.3) is 16.6 Å². The number of carbonyl (C=O) groups excluding carboxylic acids is 1. The molecule has 4 rings (SSSR count). The second kappa shape index (κ2) is 9.24. The minimum Gasteiger partial charge on any atom is -0.494 e. The molecule has 0 atom stereocenters. The summed E-state index contributed by atoms with van der Waals surface area (Å²) in [6.07, 6.45) is 0.184. The Balaban J connectivity index is 1.60. The van der Waals surface area contributed by atoms with Crippen LogP contribution < -0.4 is 15.6 Å². The average Bonchev–Trinajstić information content (AvgIpc) is 2.77. The van der Waals surface area contributed by atoms with Crippen LogP contribution in [0.5, 0.6) is 5.75 Å². The fraction of sp³-hybridized carbons (Fsp3) is 0.160. The Bertz CT molecular complexity index is 1350. The molecule has 0 spiro atoms. The van der Waals surface area contributed by atoms with E-state index >= 15 is 0 Å². The van der Waals surface area contributed by atoms with Gasteiger partial charge in [-0.15, -0.1) is 0 Å². The van der Waals surface area contributed by atoms with Crippen molar-refractivity contribution in [3.63, 3.8) is 0 Å². The number of aryl methyl sites for hydroxylation is 1. The molecule has 1 aromatic heterocycles. The van der Waals surface area contributed by atoms with Gasteiger partial charge in [0.15, 0.2) is 0 Å². The highest BCUT2D eigenvalue weighted by molar-refractivity contribution is 6.33. The number of carbonyl (C=O) groups is 1. The van der Waals surface area contributed by atoms with Crippen molar-refractivity contribution in [2.75, 3.05) is 11.9 Å². The molecule has 0 fully saturated rings. The molecule has 3 aromatic carbocycles. The van der Waals surface area contributed by atoms with E-state index in [-0.39, 0.29) is 17.9 Å². The largest absolute Gasteiger partial charge is 0.494 e. The van der Waals surface area contributed by atoms with Gasteiger partial charge in [0.2, 0.25) is 5.91 Å². The van der Waals surface area contributed by atoms with Gasteiger partial charge in [0.25, 0.3) is 5.56 Å². The molecule has 0 aliphatic rings. The number of ether oxygens (including phenoxy) is 1. The van der Waals surface area contributed by atoms with Gasteiger partial charge >= 0.3 is 0 Å². The van der Waals surface area contributed by atoms with E-state index in [0.29, 0.717) is 39.7 Å². The van der Waals surface area contributed by atoms with Crippen molar-refractivity contribution in [3.8, 4) is 11.4 Å². The smallest absolute Gasteiger partial charge is 0.265 e. The number of aromatic nitrogens is 2. The quantitative estimate of drug-likeness (QED) is 0.455. The molecule has 0 aliphatic heterocycles. The molecule has 4 aromatic rings. The van der Waals surface area contributed by atoms with E-state index in [4.69, 9.17) is 16.3 Å². The number of halogens is 1. The number of hydrogen-bond donors (Lipinski definition) is 1. The zero-order valence-corrected chi connectivity index (χ0v) is 18.5. The van der Waals surface area contributed by atoms with Crippen LogP contribution in [-0.4, -0.2) is 22.1 Å². The van der Waals surface area contributed by atoms with E-state index in [1.165, 1.54) is 4.57 Å². The molecule has 0 bridgehead atoms. The standard InChI is InChI=1S/C25H22ClN3O3/c1-3-32-19-11-8-17(9-12-19)14-24(30)28-23-15-18(10-13-21(23)26)29-16(2)27-22-7-5-4-6-20(22)25(29)31/h4-13,15H,3,14H2,1-2H3,(H,28,30). The maximum absolute atomic E-state index is 13.1. The second-order valence-electron chi connectivity index (χ2n) is 7.28. The minimum atomic E-state index is -0.214. The Morgan fingerprint density at radius 2 is 1.84 bits per heavy atom. The van der Waals surface area contributed by atoms with Gasteiger partial charge in [-0.05, 0) is 61.9 Å². The van der Waals surface area contributed by atoms with Crippen molar-refractivity contribution in [3.05, 3.63) is 93.5 Å². The molecule has 0 unspecified atom stereocenters. The lowest BCUT2D eigenvalue weighted by atomic mass is 10.1. The van der Waals surface area contributed by atoms with Crippen molar-refractivity contribution in [2.24, 2.45) is 0 Å². The number of anilines is 1. The Morgan fingerprint density at radius 3 is 2.59 bits per heavy atom. The third-order valence-electron chi connectivity index (χ3n) is 5.02. The van der Waals surface area contributed by atoms with Gasteiger partial charge < -0.3 is 10.1 Å². The van der Waals surface area contributed by atoms with Gasteiger partial charge in [-0.25, -0.2) is 4.98 Å². The van der Waals surface area contributed by atoms with Gasteiger partial charge in [0.05, 0.1) is 40.3 Å². The van der Waals surface area contributed by atoms with E-state index in [1.807, 2.05) is 43.3 Å². The molecule has 0 radical (unpaired) electrons. The first-order chi connectivity index (χ1) is 15.5. The van der Waals surface area contributed by atoms with Crippen LogP contribution in [0.1, 0.15) is 18.3 Å². The first-order valence-electron chi connectivity index (χ1n) is 10.3. The molecule has 32 heavy (non-hydrogen) atoms. The highest BCUT2D eigenvalue weighted by atomic mass is 35.5. The predicted molar refractivity (Wildman–Crippen MR) is 127 cm³/mol. The fourth-order valence-electron chi connectivity index (χ4n) is 3.55. The number of para-hydroxylation sites is 1. The monoisotopic (exact) mass is 447 g/mol. The van der Waals surface area contributed by atoms with Crippen LogP contribution in [0.2, 0.25) is 5.02 Å². The molecule has 7 heteroatoms. The van der Waals surface area contributed by atoms with Crippen molar-refractivity contribution in [2.45, 2.75) is 20.3 Å². The summed E-state index contributed by atoms with van der Waals surface area (Å²) >= 11 is 6.33. The highest BCUT2D eigenvalue weighted by Crippen LogP contribution is 2.25. The number of nitrogens with zero attached hydrogens (tertiary/aromatic N) is 2.